The predicted octanol–water partition coefficient (Wildman–Crippen LogP) is 5.72. The average Bonchev–Trinajstić information content (AvgIpc) is 3.66. The van der Waals surface area contributed by atoms with Crippen LogP contribution in [-0.4, -0.2) is 35.0 Å². The number of hydrogen-bond acceptors (Lipinski definition) is 3. The second-order valence-electron chi connectivity index (χ2n) is 9.41. The van der Waals surface area contributed by atoms with E-state index >= 15 is 0 Å². The summed E-state index contributed by atoms with van der Waals surface area (Å²) in [5.74, 6) is -1.51. The number of amides is 1. The molecule has 2 aliphatic rings. The monoisotopic (exact) mass is 497 g/mol. The van der Waals surface area contributed by atoms with Gasteiger partial charge < -0.3 is 14.8 Å². The Kier molecular flexibility index (Phi) is 10.2. The Morgan fingerprint density at radius 3 is 2.28 bits per heavy atom. The number of nitrogens with one attached hydrogen (secondary N) is 1. The summed E-state index contributed by atoms with van der Waals surface area (Å²) in [5, 5.41) is 2.84. The minimum absolute atomic E-state index is 0.119. The van der Waals surface area contributed by atoms with Crippen LogP contribution in [-0.2, 0) is 13.6 Å². The Labute approximate surface area is 212 Å². The van der Waals surface area contributed by atoms with Gasteiger partial charge in [-0.1, -0.05) is 50.5 Å². The summed E-state index contributed by atoms with van der Waals surface area (Å²) in [6.45, 7) is 8.03. The summed E-state index contributed by atoms with van der Waals surface area (Å²) >= 11 is 0. The van der Waals surface area contributed by atoms with Crippen molar-refractivity contribution in [2.45, 2.75) is 58.9 Å². The van der Waals surface area contributed by atoms with E-state index in [2.05, 4.69) is 17.1 Å². The van der Waals surface area contributed by atoms with E-state index < -0.39 is 23.1 Å². The van der Waals surface area contributed by atoms with Gasteiger partial charge in [-0.25, -0.2) is 8.78 Å². The molecule has 2 heterocycles. The van der Waals surface area contributed by atoms with E-state index in [0.717, 1.165) is 0 Å². The lowest BCUT2D eigenvalue weighted by atomic mass is 10.0. The van der Waals surface area contributed by atoms with Gasteiger partial charge in [-0.2, -0.15) is 0 Å². The number of fused-ring (bicyclic) bond motifs is 1. The van der Waals surface area contributed by atoms with Gasteiger partial charge in [0, 0.05) is 24.7 Å². The van der Waals surface area contributed by atoms with Gasteiger partial charge in [-0.3, -0.25) is 9.59 Å². The number of likely N-dealkylation sites (tertiary alicyclic amines) is 1. The zero-order valence-corrected chi connectivity index (χ0v) is 21.6. The molecule has 0 bridgehead atoms. The van der Waals surface area contributed by atoms with Crippen LogP contribution in [0.4, 0.5) is 8.78 Å². The van der Waals surface area contributed by atoms with Crippen molar-refractivity contribution in [2.75, 3.05) is 19.6 Å². The molecule has 7 heteroatoms. The first-order chi connectivity index (χ1) is 17.3. The topological polar surface area (TPSA) is 54.3 Å². The highest BCUT2D eigenvalue weighted by atomic mass is 19.1. The fraction of sp³-hybridized carbons (Fsp3) is 0.448. The van der Waals surface area contributed by atoms with Crippen LogP contribution < -0.4 is 10.9 Å². The van der Waals surface area contributed by atoms with Crippen LogP contribution in [0.25, 0.3) is 10.8 Å². The van der Waals surface area contributed by atoms with Gasteiger partial charge in [0.05, 0.1) is 10.9 Å². The zero-order valence-electron chi connectivity index (χ0n) is 21.6. The van der Waals surface area contributed by atoms with E-state index in [4.69, 9.17) is 0 Å². The third-order valence-corrected chi connectivity index (χ3v) is 6.33. The van der Waals surface area contributed by atoms with E-state index in [1.165, 1.54) is 94.0 Å². The average molecular weight is 498 g/mol. The summed E-state index contributed by atoms with van der Waals surface area (Å²) in [5.41, 5.74) is 0.770. The van der Waals surface area contributed by atoms with Crippen LogP contribution in [0.1, 0.15) is 67.1 Å². The first kappa shape index (κ1) is 27.5. The lowest BCUT2D eigenvalue weighted by molar-refractivity contribution is 0.0951. The van der Waals surface area contributed by atoms with Gasteiger partial charge in [0.1, 0.15) is 11.6 Å². The van der Waals surface area contributed by atoms with Gasteiger partial charge in [0.2, 0.25) is 0 Å². The van der Waals surface area contributed by atoms with E-state index in [-0.39, 0.29) is 22.9 Å². The molecule has 5 nitrogen and oxygen atoms in total. The maximum atomic E-state index is 14.1. The number of hydrogen-bond donors (Lipinski definition) is 1. The van der Waals surface area contributed by atoms with Crippen molar-refractivity contribution in [3.63, 3.8) is 0 Å². The maximum absolute atomic E-state index is 14.1. The summed E-state index contributed by atoms with van der Waals surface area (Å²) < 4.78 is 28.6. The molecule has 36 heavy (non-hydrogen) atoms. The van der Waals surface area contributed by atoms with Gasteiger partial charge in [0.15, 0.2) is 0 Å². The second kappa shape index (κ2) is 13.3. The number of halogens is 2. The minimum Gasteiger partial charge on any atom is -0.348 e. The Morgan fingerprint density at radius 1 is 1.00 bits per heavy atom. The Balaban J connectivity index is 0.000000269. The van der Waals surface area contributed by atoms with Crippen molar-refractivity contribution in [3.05, 3.63) is 81.3 Å². The van der Waals surface area contributed by atoms with Gasteiger partial charge in [-0.15, -0.1) is 0 Å². The largest absolute Gasteiger partial charge is 0.348 e. The lowest BCUT2D eigenvalue weighted by Crippen LogP contribution is -2.29. The molecule has 1 saturated heterocycles. The molecule has 1 N–H and O–H groups in total. The number of aromatic nitrogens is 1. The number of nitrogens with zero attached hydrogens (tertiary/aromatic N) is 2. The van der Waals surface area contributed by atoms with Gasteiger partial charge >= 0.3 is 0 Å². The SMILES string of the molecule is C1CC1.CCCN1CCCC1.Cc1c(C(=O)NCc2cccc(F)c2)c2cccc(F)c2c(=O)n1C. The standard InChI is InChI=1S/C19H16F2N2O2.C7H15N.C3H6/c1-11-16(18(24)22-10-12-5-3-6-13(20)9-12)14-7-4-8-15(21)17(14)19(25)23(11)2;1-2-5-8-6-3-4-7-8;1-2-3-1/h3-9H,10H2,1-2H3,(H,22,24);2-7H2,1H3;1-3H2. The van der Waals surface area contributed by atoms with Gasteiger partial charge in [-0.05, 0) is 69.6 Å². The van der Waals surface area contributed by atoms with Crippen LogP contribution in [0.2, 0.25) is 0 Å². The van der Waals surface area contributed by atoms with Crippen LogP contribution in [0.15, 0.2) is 47.3 Å². The first-order valence-electron chi connectivity index (χ1n) is 12.9. The Hall–Kier alpha value is -3.06. The summed E-state index contributed by atoms with van der Waals surface area (Å²) in [7, 11) is 1.49. The molecule has 3 aromatic rings. The molecule has 0 unspecified atom stereocenters. The van der Waals surface area contributed by atoms with Crippen LogP contribution in [0.3, 0.4) is 0 Å². The molecular weight excluding hydrogens is 460 g/mol. The van der Waals surface area contributed by atoms with Gasteiger partial charge in [0.25, 0.3) is 11.5 Å². The van der Waals surface area contributed by atoms with Crippen molar-refractivity contribution in [1.29, 1.82) is 0 Å². The fourth-order valence-electron chi connectivity index (χ4n) is 4.16. The normalized spacial score (nSPS) is 14.5. The summed E-state index contributed by atoms with van der Waals surface area (Å²) in [6.07, 6.45) is 8.68. The Bertz CT molecular complexity index is 1230. The highest BCUT2D eigenvalue weighted by Gasteiger charge is 2.20. The van der Waals surface area contributed by atoms with Crippen LogP contribution >= 0.6 is 0 Å². The summed E-state index contributed by atoms with van der Waals surface area (Å²) in [6, 6.07) is 10.1. The molecule has 1 aliphatic carbocycles. The van der Waals surface area contributed by atoms with Crippen LogP contribution in [0.5, 0.6) is 0 Å². The quantitative estimate of drug-likeness (QED) is 0.491. The summed E-state index contributed by atoms with van der Waals surface area (Å²) in [4.78, 5) is 27.5. The van der Waals surface area contributed by atoms with Crippen molar-refractivity contribution in [3.8, 4) is 0 Å². The van der Waals surface area contributed by atoms with Crippen molar-refractivity contribution >= 4 is 16.7 Å². The predicted molar refractivity (Wildman–Crippen MR) is 141 cm³/mol. The number of rotatable bonds is 5. The fourth-order valence-corrected chi connectivity index (χ4v) is 4.16. The van der Waals surface area contributed by atoms with E-state index in [1.807, 2.05) is 0 Å². The third kappa shape index (κ3) is 7.47. The third-order valence-electron chi connectivity index (χ3n) is 6.33. The molecule has 0 atom stereocenters. The van der Waals surface area contributed by atoms with Crippen molar-refractivity contribution in [1.82, 2.24) is 14.8 Å². The zero-order chi connectivity index (χ0) is 26.1. The van der Waals surface area contributed by atoms with E-state index in [9.17, 15) is 18.4 Å². The highest BCUT2D eigenvalue weighted by molar-refractivity contribution is 6.07. The molecular formula is C29H37F2N3O2. The number of benzene rings is 2. The molecule has 1 aliphatic heterocycles. The maximum Gasteiger partial charge on any atom is 0.261 e. The Morgan fingerprint density at radius 2 is 1.67 bits per heavy atom. The number of pyridine rings is 1. The molecule has 1 amide bonds. The van der Waals surface area contributed by atoms with Crippen molar-refractivity contribution < 1.29 is 13.6 Å². The molecule has 0 radical (unpaired) electrons. The molecule has 0 spiro atoms. The van der Waals surface area contributed by atoms with Crippen molar-refractivity contribution in [2.24, 2.45) is 7.05 Å². The number of carbonyl (C=O) groups excluding carboxylic acids is 1. The minimum atomic E-state index is -0.669. The molecule has 194 valence electrons. The lowest BCUT2D eigenvalue weighted by Gasteiger charge is -2.14. The molecule has 5 rings (SSSR count). The molecule has 1 saturated carbocycles. The molecule has 2 fully saturated rings. The van der Waals surface area contributed by atoms with E-state index in [1.54, 1.807) is 25.1 Å². The highest BCUT2D eigenvalue weighted by Crippen LogP contribution is 2.21. The number of carbonyl (C=O) groups is 1. The molecule has 1 aromatic heterocycles. The molecule has 2 aromatic carbocycles. The first-order valence-corrected chi connectivity index (χ1v) is 12.9. The second-order valence-corrected chi connectivity index (χ2v) is 9.41. The van der Waals surface area contributed by atoms with Crippen LogP contribution in [0, 0.1) is 18.6 Å². The van der Waals surface area contributed by atoms with E-state index in [0.29, 0.717) is 11.3 Å². The smallest absolute Gasteiger partial charge is 0.261 e.